The number of halogens is 4. The van der Waals surface area contributed by atoms with Crippen molar-refractivity contribution in [2.45, 2.75) is 69.9 Å². The second-order valence-corrected chi connectivity index (χ2v) is 11.5. The molecule has 1 amide bonds. The molecule has 1 aromatic carbocycles. The van der Waals surface area contributed by atoms with E-state index >= 15 is 0 Å². The summed E-state index contributed by atoms with van der Waals surface area (Å²) in [5.41, 5.74) is -2.68. The molecule has 2 aromatic heterocycles. The second-order valence-electron chi connectivity index (χ2n) is 11.5. The summed E-state index contributed by atoms with van der Waals surface area (Å²) in [7, 11) is 0. The van der Waals surface area contributed by atoms with Crippen LogP contribution in [-0.4, -0.2) is 55.5 Å². The number of alkyl halides is 3. The minimum absolute atomic E-state index is 0.111. The van der Waals surface area contributed by atoms with E-state index in [0.717, 1.165) is 12.3 Å². The van der Waals surface area contributed by atoms with E-state index in [9.17, 15) is 27.2 Å². The van der Waals surface area contributed by atoms with E-state index in [4.69, 9.17) is 14.2 Å². The van der Waals surface area contributed by atoms with Crippen LogP contribution in [0.15, 0.2) is 53.6 Å². The lowest BCUT2D eigenvalue weighted by Crippen LogP contribution is -2.62. The summed E-state index contributed by atoms with van der Waals surface area (Å²) in [6.07, 6.45) is -3.15. The third kappa shape index (κ3) is 4.82. The molecule has 2 fully saturated rings. The van der Waals surface area contributed by atoms with Crippen molar-refractivity contribution in [3.05, 3.63) is 76.4 Å². The highest BCUT2D eigenvalue weighted by molar-refractivity contribution is 5.72. The molecule has 0 N–H and O–H groups in total. The number of likely N-dealkylation sites (tertiary alicyclic amines) is 1. The molecular formula is C28H27F4N5O5. The summed E-state index contributed by atoms with van der Waals surface area (Å²) < 4.78 is 72.8. The average Bonchev–Trinajstić information content (AvgIpc) is 3.53. The Morgan fingerprint density at radius 3 is 2.57 bits per heavy atom. The van der Waals surface area contributed by atoms with Crippen LogP contribution in [0.25, 0.3) is 0 Å². The first-order chi connectivity index (χ1) is 19.7. The molecule has 2 bridgehead atoms. The quantitative estimate of drug-likeness (QED) is 0.395. The fourth-order valence-corrected chi connectivity index (χ4v) is 5.92. The molecule has 3 atom stereocenters. The van der Waals surface area contributed by atoms with Gasteiger partial charge in [-0.05, 0) is 57.0 Å². The standard InChI is InChI=1S/C28H27F4N5O5/c1-26(2,3)42-25(39)37-17-12-27(15-35-22(36(27)13-17)7-9-34-24(35)38)23(37)40-14-16-4-5-20(19(29)10-16)41-18-6-8-33-21(11-18)28(30,31)32/h4-11,17,23H,12-15H2,1-3H3. The number of pyridine rings is 1. The number of piperazine rings is 1. The van der Waals surface area contributed by atoms with E-state index < -0.39 is 46.8 Å². The van der Waals surface area contributed by atoms with Gasteiger partial charge < -0.3 is 19.1 Å². The fourth-order valence-electron chi connectivity index (χ4n) is 5.92. The summed E-state index contributed by atoms with van der Waals surface area (Å²) in [6.45, 7) is 5.91. The molecule has 0 radical (unpaired) electrons. The molecule has 42 heavy (non-hydrogen) atoms. The largest absolute Gasteiger partial charge is 0.454 e. The van der Waals surface area contributed by atoms with E-state index in [1.54, 1.807) is 36.3 Å². The van der Waals surface area contributed by atoms with Gasteiger partial charge in [0, 0.05) is 25.0 Å². The number of anilines is 1. The van der Waals surface area contributed by atoms with Crippen molar-refractivity contribution in [3.8, 4) is 11.5 Å². The van der Waals surface area contributed by atoms with Gasteiger partial charge in [-0.1, -0.05) is 6.07 Å². The average molecular weight is 590 g/mol. The molecule has 0 aliphatic carbocycles. The number of ether oxygens (including phenoxy) is 3. The molecule has 222 valence electrons. The van der Waals surface area contributed by atoms with E-state index in [1.165, 1.54) is 24.4 Å². The van der Waals surface area contributed by atoms with E-state index in [0.29, 0.717) is 30.4 Å². The number of rotatable bonds is 5. The van der Waals surface area contributed by atoms with Gasteiger partial charge in [-0.25, -0.2) is 19.0 Å². The number of carbonyl (C=O) groups is 1. The third-order valence-corrected chi connectivity index (χ3v) is 7.51. The van der Waals surface area contributed by atoms with Crippen molar-refractivity contribution in [1.82, 2.24) is 19.4 Å². The lowest BCUT2D eigenvalue weighted by molar-refractivity contribution is -0.141. The molecule has 3 aliphatic heterocycles. The number of aromatic nitrogens is 3. The van der Waals surface area contributed by atoms with Crippen molar-refractivity contribution in [1.29, 1.82) is 0 Å². The van der Waals surface area contributed by atoms with E-state index in [-0.39, 0.29) is 30.7 Å². The zero-order valence-corrected chi connectivity index (χ0v) is 22.9. The third-order valence-electron chi connectivity index (χ3n) is 7.51. The minimum Gasteiger partial charge on any atom is -0.454 e. The Kier molecular flexibility index (Phi) is 6.44. The van der Waals surface area contributed by atoms with Gasteiger partial charge in [0.2, 0.25) is 0 Å². The van der Waals surface area contributed by atoms with Gasteiger partial charge in [0.25, 0.3) is 0 Å². The maximum atomic E-state index is 15.0. The number of benzene rings is 1. The Bertz CT molecular complexity index is 1610. The highest BCUT2D eigenvalue weighted by atomic mass is 19.4. The van der Waals surface area contributed by atoms with Crippen LogP contribution < -0.4 is 15.3 Å². The van der Waals surface area contributed by atoms with Crippen LogP contribution in [-0.2, 0) is 28.8 Å². The Labute approximate surface area is 237 Å². The maximum absolute atomic E-state index is 15.0. The first-order valence-corrected chi connectivity index (χ1v) is 13.2. The van der Waals surface area contributed by atoms with Gasteiger partial charge in [0.1, 0.15) is 28.4 Å². The van der Waals surface area contributed by atoms with Crippen LogP contribution >= 0.6 is 0 Å². The molecule has 2 saturated heterocycles. The van der Waals surface area contributed by atoms with Crippen LogP contribution in [0.1, 0.15) is 38.4 Å². The van der Waals surface area contributed by atoms with Crippen molar-refractivity contribution >= 4 is 11.9 Å². The Hall–Kier alpha value is -4.20. The number of nitrogens with zero attached hydrogens (tertiary/aromatic N) is 5. The van der Waals surface area contributed by atoms with Crippen LogP contribution in [0, 0.1) is 5.82 Å². The molecule has 10 nitrogen and oxygen atoms in total. The van der Waals surface area contributed by atoms with Gasteiger partial charge >= 0.3 is 18.0 Å². The molecular weight excluding hydrogens is 562 g/mol. The Morgan fingerprint density at radius 2 is 1.86 bits per heavy atom. The van der Waals surface area contributed by atoms with Gasteiger partial charge in [0.15, 0.2) is 17.8 Å². The van der Waals surface area contributed by atoms with Crippen LogP contribution in [0.4, 0.5) is 28.2 Å². The Morgan fingerprint density at radius 1 is 1.10 bits per heavy atom. The highest BCUT2D eigenvalue weighted by Crippen LogP contribution is 2.52. The monoisotopic (exact) mass is 589 g/mol. The summed E-state index contributed by atoms with van der Waals surface area (Å²) in [5.74, 6) is -0.632. The lowest BCUT2D eigenvalue weighted by atomic mass is 9.97. The summed E-state index contributed by atoms with van der Waals surface area (Å²) >= 11 is 0. The molecule has 6 rings (SSSR count). The summed E-state index contributed by atoms with van der Waals surface area (Å²) in [5, 5.41) is 0. The topological polar surface area (TPSA) is 99.0 Å². The fraction of sp³-hybridized carbons (Fsp3) is 0.429. The number of carbonyl (C=O) groups excluding carboxylic acids is 1. The molecule has 0 saturated carbocycles. The van der Waals surface area contributed by atoms with E-state index in [2.05, 4.69) is 14.9 Å². The van der Waals surface area contributed by atoms with Crippen LogP contribution in [0.5, 0.6) is 11.5 Å². The van der Waals surface area contributed by atoms with Gasteiger partial charge in [-0.3, -0.25) is 14.5 Å². The number of fused-ring (bicyclic) bond motifs is 3. The zero-order chi connectivity index (χ0) is 30.0. The van der Waals surface area contributed by atoms with Crippen molar-refractivity contribution in [2.75, 3.05) is 11.4 Å². The number of hydrogen-bond donors (Lipinski definition) is 0. The molecule has 3 unspecified atom stereocenters. The number of amides is 1. The molecule has 3 aromatic rings. The van der Waals surface area contributed by atoms with Crippen LogP contribution in [0.3, 0.4) is 0 Å². The smallest absolute Gasteiger partial charge is 0.433 e. The maximum Gasteiger partial charge on any atom is 0.433 e. The lowest BCUT2D eigenvalue weighted by Gasteiger charge is -2.44. The molecule has 5 heterocycles. The summed E-state index contributed by atoms with van der Waals surface area (Å²) in [4.78, 5) is 36.6. The van der Waals surface area contributed by atoms with Gasteiger partial charge in [0.05, 0.1) is 19.2 Å². The first-order valence-electron chi connectivity index (χ1n) is 13.2. The zero-order valence-electron chi connectivity index (χ0n) is 22.9. The van der Waals surface area contributed by atoms with Crippen molar-refractivity contribution in [2.24, 2.45) is 0 Å². The molecule has 3 aliphatic rings. The normalized spacial score (nSPS) is 22.7. The van der Waals surface area contributed by atoms with Crippen LogP contribution in [0.2, 0.25) is 0 Å². The molecule has 14 heteroatoms. The highest BCUT2D eigenvalue weighted by Gasteiger charge is 2.67. The van der Waals surface area contributed by atoms with Crippen molar-refractivity contribution in [3.63, 3.8) is 0 Å². The van der Waals surface area contributed by atoms with Crippen molar-refractivity contribution < 1.29 is 36.6 Å². The number of hydrogen-bond acceptors (Lipinski definition) is 8. The minimum atomic E-state index is -4.67. The van der Waals surface area contributed by atoms with Gasteiger partial charge in [-0.2, -0.15) is 13.2 Å². The SMILES string of the molecule is CC(C)(C)OC(=O)N1C2CN3c4ccnc(=O)n4CC3(C2)C1OCc1ccc(Oc2ccnc(C(F)(F)F)c2)c(F)c1. The summed E-state index contributed by atoms with van der Waals surface area (Å²) in [6, 6.07) is 7.34. The predicted molar refractivity (Wildman–Crippen MR) is 139 cm³/mol. The first kappa shape index (κ1) is 27.9. The molecule has 1 spiro atoms. The Balaban J connectivity index is 1.24. The van der Waals surface area contributed by atoms with Gasteiger partial charge in [-0.15, -0.1) is 0 Å². The second kappa shape index (κ2) is 9.68. The van der Waals surface area contributed by atoms with E-state index in [1.807, 2.05) is 0 Å². The predicted octanol–water partition coefficient (Wildman–Crippen LogP) is 4.71.